The number of aromatic nitrogens is 4. The fourth-order valence-corrected chi connectivity index (χ4v) is 1.70. The van der Waals surface area contributed by atoms with E-state index in [1.807, 2.05) is 0 Å². The molecule has 0 unspecified atom stereocenters. The molecule has 2 aromatic heterocycles. The van der Waals surface area contributed by atoms with E-state index in [0.29, 0.717) is 18.6 Å². The molecule has 0 aliphatic heterocycles. The molecule has 0 amide bonds. The predicted octanol–water partition coefficient (Wildman–Crippen LogP) is -2.13. The lowest BCUT2D eigenvalue weighted by molar-refractivity contribution is 0.140. The third kappa shape index (κ3) is 3.08. The topological polar surface area (TPSA) is 162 Å². The summed E-state index contributed by atoms with van der Waals surface area (Å²) in [5.41, 5.74) is 5.73. The maximum absolute atomic E-state index is 11.5. The van der Waals surface area contributed by atoms with E-state index < -0.39 is 0 Å². The molecule has 0 aromatic carbocycles. The summed E-state index contributed by atoms with van der Waals surface area (Å²) >= 11 is 0. The van der Waals surface area contributed by atoms with Gasteiger partial charge >= 0.3 is 0 Å². The molecule has 7 N–H and O–H groups in total. The normalized spacial score (nSPS) is 10.9. The Hall–Kier alpha value is -1.97. The summed E-state index contributed by atoms with van der Waals surface area (Å²) in [7, 11) is 0. The number of nitrogen functional groups attached to an aromatic ring is 1. The number of fused-ring (bicyclic) bond motifs is 1. The Bertz CT molecular complexity index is 589. The number of aromatic amines is 1. The van der Waals surface area contributed by atoms with Crippen molar-refractivity contribution < 1.29 is 15.7 Å². The maximum atomic E-state index is 11.5. The molecule has 0 saturated carbocycles. The number of hydrogen-bond donors (Lipinski definition) is 4. The zero-order valence-electron chi connectivity index (χ0n) is 10.2. The number of nitrogens with one attached hydrogen (secondary N) is 1. The summed E-state index contributed by atoms with van der Waals surface area (Å²) < 4.78 is 1.68. The van der Waals surface area contributed by atoms with E-state index in [1.54, 1.807) is 4.57 Å². The van der Waals surface area contributed by atoms with Crippen LogP contribution in [0.4, 0.5) is 5.95 Å². The van der Waals surface area contributed by atoms with Crippen LogP contribution in [0.1, 0.15) is 6.42 Å². The van der Waals surface area contributed by atoms with Gasteiger partial charge in [-0.1, -0.05) is 0 Å². The number of rotatable bonds is 5. The van der Waals surface area contributed by atoms with Crippen molar-refractivity contribution in [2.24, 2.45) is 5.92 Å². The second-order valence-corrected chi connectivity index (χ2v) is 4.08. The largest absolute Gasteiger partial charge is 0.412 e. The molecule has 0 aliphatic carbocycles. The van der Waals surface area contributed by atoms with Gasteiger partial charge < -0.3 is 26.0 Å². The Morgan fingerprint density at radius 1 is 1.42 bits per heavy atom. The molecule has 0 aliphatic rings. The molecular formula is C10H17N5O4. The highest BCUT2D eigenvalue weighted by atomic mass is 16.3. The quantitative estimate of drug-likeness (QED) is 0.485. The Morgan fingerprint density at radius 2 is 2.11 bits per heavy atom. The lowest BCUT2D eigenvalue weighted by Crippen LogP contribution is -2.15. The average molecular weight is 271 g/mol. The van der Waals surface area contributed by atoms with Crippen molar-refractivity contribution in [3.63, 3.8) is 0 Å². The van der Waals surface area contributed by atoms with Gasteiger partial charge in [0.05, 0.1) is 6.33 Å². The molecule has 2 rings (SSSR count). The molecule has 2 heterocycles. The summed E-state index contributed by atoms with van der Waals surface area (Å²) in [6, 6.07) is 0. The van der Waals surface area contributed by atoms with Crippen molar-refractivity contribution in [3.05, 3.63) is 16.7 Å². The minimum Gasteiger partial charge on any atom is -0.412 e. The van der Waals surface area contributed by atoms with Gasteiger partial charge in [-0.05, 0) is 6.42 Å². The van der Waals surface area contributed by atoms with Crippen LogP contribution in [0.5, 0.6) is 0 Å². The zero-order valence-corrected chi connectivity index (χ0v) is 10.2. The highest BCUT2D eigenvalue weighted by molar-refractivity contribution is 5.70. The first-order valence-electron chi connectivity index (χ1n) is 5.58. The lowest BCUT2D eigenvalue weighted by Gasteiger charge is -2.10. The zero-order chi connectivity index (χ0) is 13.1. The minimum absolute atomic E-state index is 0. The number of aliphatic hydroxyl groups is 2. The molecule has 19 heavy (non-hydrogen) atoms. The molecule has 9 heteroatoms. The van der Waals surface area contributed by atoms with Crippen LogP contribution in [-0.4, -0.2) is 48.4 Å². The highest BCUT2D eigenvalue weighted by Gasteiger charge is 2.11. The fraction of sp³-hybridized carbons (Fsp3) is 0.500. The van der Waals surface area contributed by atoms with Crippen LogP contribution >= 0.6 is 0 Å². The second kappa shape index (κ2) is 6.27. The summed E-state index contributed by atoms with van der Waals surface area (Å²) in [6.45, 7) is 0.330. The highest BCUT2D eigenvalue weighted by Crippen LogP contribution is 2.10. The summed E-state index contributed by atoms with van der Waals surface area (Å²) in [6.07, 6.45) is 2.06. The van der Waals surface area contributed by atoms with Crippen molar-refractivity contribution in [1.29, 1.82) is 0 Å². The molecule has 106 valence electrons. The first-order valence-corrected chi connectivity index (χ1v) is 5.58. The monoisotopic (exact) mass is 271 g/mol. The Morgan fingerprint density at radius 3 is 2.74 bits per heavy atom. The number of aliphatic hydroxyl groups excluding tert-OH is 2. The number of nitrogens with two attached hydrogens (primary N) is 1. The SMILES string of the molecule is Nc1nc2c(ncn2CCC(CO)CO)c(=O)[nH]1.O. The van der Waals surface area contributed by atoms with Crippen LogP contribution in [0.25, 0.3) is 11.2 Å². The minimum atomic E-state index is -0.378. The maximum Gasteiger partial charge on any atom is 0.280 e. The fourth-order valence-electron chi connectivity index (χ4n) is 1.70. The number of H-pyrrole nitrogens is 1. The molecule has 0 bridgehead atoms. The van der Waals surface area contributed by atoms with Gasteiger partial charge in [0, 0.05) is 25.7 Å². The number of nitrogens with zero attached hydrogens (tertiary/aromatic N) is 3. The van der Waals surface area contributed by atoms with Crippen LogP contribution < -0.4 is 11.3 Å². The van der Waals surface area contributed by atoms with Crippen LogP contribution in [-0.2, 0) is 6.54 Å². The van der Waals surface area contributed by atoms with Gasteiger partial charge in [-0.2, -0.15) is 4.98 Å². The van der Waals surface area contributed by atoms with Crippen LogP contribution in [0.2, 0.25) is 0 Å². The van der Waals surface area contributed by atoms with Crippen molar-refractivity contribution in [2.45, 2.75) is 13.0 Å². The Balaban J connectivity index is 0.00000180. The third-order valence-corrected chi connectivity index (χ3v) is 2.79. The Kier molecular flexibility index (Phi) is 4.98. The van der Waals surface area contributed by atoms with E-state index in [1.165, 1.54) is 6.33 Å². The van der Waals surface area contributed by atoms with E-state index in [4.69, 9.17) is 15.9 Å². The lowest BCUT2D eigenvalue weighted by atomic mass is 10.1. The summed E-state index contributed by atoms with van der Waals surface area (Å²) in [4.78, 5) is 21.9. The second-order valence-electron chi connectivity index (χ2n) is 4.08. The summed E-state index contributed by atoms with van der Waals surface area (Å²) in [5, 5.41) is 18.0. The number of imidazole rings is 1. The number of hydrogen-bond acceptors (Lipinski definition) is 6. The van der Waals surface area contributed by atoms with Gasteiger partial charge in [0.1, 0.15) is 0 Å². The molecule has 0 atom stereocenters. The molecule has 0 spiro atoms. The first kappa shape index (κ1) is 15.1. The van der Waals surface area contributed by atoms with Gasteiger partial charge in [0.25, 0.3) is 5.56 Å². The van der Waals surface area contributed by atoms with Gasteiger partial charge in [0.2, 0.25) is 5.95 Å². The predicted molar refractivity (Wildman–Crippen MR) is 68.5 cm³/mol. The Labute approximate surface area is 108 Å². The first-order chi connectivity index (χ1) is 8.65. The van der Waals surface area contributed by atoms with Crippen molar-refractivity contribution in [3.8, 4) is 0 Å². The van der Waals surface area contributed by atoms with E-state index >= 15 is 0 Å². The molecule has 9 nitrogen and oxygen atoms in total. The molecule has 2 aromatic rings. The van der Waals surface area contributed by atoms with Gasteiger partial charge in [-0.3, -0.25) is 9.78 Å². The number of anilines is 1. The molecule has 0 saturated heterocycles. The molecule has 0 fully saturated rings. The van der Waals surface area contributed by atoms with E-state index in [0.717, 1.165) is 0 Å². The smallest absolute Gasteiger partial charge is 0.280 e. The average Bonchev–Trinajstić information content (AvgIpc) is 2.74. The van der Waals surface area contributed by atoms with Crippen molar-refractivity contribution >= 4 is 17.1 Å². The van der Waals surface area contributed by atoms with E-state index in [-0.39, 0.29) is 41.6 Å². The van der Waals surface area contributed by atoms with Crippen molar-refractivity contribution in [1.82, 2.24) is 19.5 Å². The van der Waals surface area contributed by atoms with Crippen LogP contribution in [0.3, 0.4) is 0 Å². The van der Waals surface area contributed by atoms with Gasteiger partial charge in [0.15, 0.2) is 11.2 Å². The number of aryl methyl sites for hydroxylation is 1. The van der Waals surface area contributed by atoms with Crippen LogP contribution in [0, 0.1) is 5.92 Å². The molecule has 0 radical (unpaired) electrons. The van der Waals surface area contributed by atoms with Gasteiger partial charge in [-0.15, -0.1) is 0 Å². The van der Waals surface area contributed by atoms with E-state index in [9.17, 15) is 4.79 Å². The summed E-state index contributed by atoms with van der Waals surface area (Å²) in [5.74, 6) is -0.156. The van der Waals surface area contributed by atoms with E-state index in [2.05, 4.69) is 15.0 Å². The third-order valence-electron chi connectivity index (χ3n) is 2.79. The van der Waals surface area contributed by atoms with Crippen LogP contribution in [0.15, 0.2) is 11.1 Å². The standard InChI is InChI=1S/C10H15N5O3.H2O/c11-10-13-8-7(9(18)14-10)12-5-15(8)2-1-6(3-16)4-17;/h5-6,16-17H,1-4H2,(H3,11,13,14,18);1H2. The van der Waals surface area contributed by atoms with Crippen molar-refractivity contribution in [2.75, 3.05) is 18.9 Å². The van der Waals surface area contributed by atoms with Gasteiger partial charge in [-0.25, -0.2) is 4.98 Å². The molecular weight excluding hydrogens is 254 g/mol.